The van der Waals surface area contributed by atoms with E-state index < -0.39 is 0 Å². The first kappa shape index (κ1) is 5.21. The lowest BCUT2D eigenvalue weighted by Gasteiger charge is -2.08. The Balaban J connectivity index is 2.19. The van der Waals surface area contributed by atoms with Crippen molar-refractivity contribution in [3.8, 4) is 0 Å². The summed E-state index contributed by atoms with van der Waals surface area (Å²) in [4.78, 5) is 10.4. The molecular weight excluding hydrogens is 112 g/mol. The summed E-state index contributed by atoms with van der Waals surface area (Å²) in [5, 5.41) is 0. The Bertz CT molecular complexity index is 160. The van der Waals surface area contributed by atoms with Crippen LogP contribution >= 0.6 is 0 Å². The van der Waals surface area contributed by atoms with Crippen molar-refractivity contribution in [3.05, 3.63) is 12.2 Å². The van der Waals surface area contributed by atoms with E-state index in [1.165, 1.54) is 6.42 Å². The van der Waals surface area contributed by atoms with Gasteiger partial charge in [0.25, 0.3) is 0 Å². The van der Waals surface area contributed by atoms with E-state index in [1.807, 2.05) is 0 Å². The average molecular weight is 122 g/mol. The Morgan fingerprint density at radius 1 is 1.33 bits per heavy atom. The van der Waals surface area contributed by atoms with E-state index in [9.17, 15) is 4.79 Å². The van der Waals surface area contributed by atoms with Crippen LogP contribution in [0.25, 0.3) is 0 Å². The summed E-state index contributed by atoms with van der Waals surface area (Å²) in [6.45, 7) is 0. The molecule has 0 radical (unpaired) electrons. The van der Waals surface area contributed by atoms with Crippen molar-refractivity contribution in [2.24, 2.45) is 17.8 Å². The fourth-order valence-electron chi connectivity index (χ4n) is 1.98. The largest absolute Gasteiger partial charge is 0.303 e. The number of hydrogen-bond donors (Lipinski definition) is 0. The Kier molecular flexibility index (Phi) is 0.981. The maximum atomic E-state index is 10.4. The smallest absolute Gasteiger partial charge is 0.123 e. The third-order valence-corrected chi connectivity index (χ3v) is 2.51. The van der Waals surface area contributed by atoms with Crippen molar-refractivity contribution in [1.29, 1.82) is 0 Å². The highest BCUT2D eigenvalue weighted by atomic mass is 16.1. The van der Waals surface area contributed by atoms with Gasteiger partial charge in [0.1, 0.15) is 6.29 Å². The molecule has 48 valence electrons. The van der Waals surface area contributed by atoms with Gasteiger partial charge < -0.3 is 4.79 Å². The predicted molar refractivity (Wildman–Crippen MR) is 34.9 cm³/mol. The SMILES string of the molecule is O=C[C@@H]1CC2C=C[C@H]1C2. The highest BCUT2D eigenvalue weighted by molar-refractivity contribution is 5.56. The fourth-order valence-corrected chi connectivity index (χ4v) is 1.98. The number of carbonyl (C=O) groups is 1. The molecule has 1 unspecified atom stereocenters. The second-order valence-electron chi connectivity index (χ2n) is 3.08. The molecule has 1 saturated carbocycles. The van der Waals surface area contributed by atoms with Gasteiger partial charge in [-0.3, -0.25) is 0 Å². The number of fused-ring (bicyclic) bond motifs is 2. The summed E-state index contributed by atoms with van der Waals surface area (Å²) in [6, 6.07) is 0. The average Bonchev–Trinajstić information content (AvgIpc) is 2.45. The van der Waals surface area contributed by atoms with Gasteiger partial charge in [0, 0.05) is 5.92 Å². The number of rotatable bonds is 1. The van der Waals surface area contributed by atoms with Crippen LogP contribution in [0.3, 0.4) is 0 Å². The molecular formula is C8H10O. The zero-order valence-electron chi connectivity index (χ0n) is 5.29. The van der Waals surface area contributed by atoms with Crippen LogP contribution in [0.5, 0.6) is 0 Å². The highest BCUT2D eigenvalue weighted by Gasteiger charge is 2.34. The molecule has 1 nitrogen and oxygen atoms in total. The lowest BCUT2D eigenvalue weighted by atomic mass is 9.95. The van der Waals surface area contributed by atoms with Gasteiger partial charge in [-0.2, -0.15) is 0 Å². The zero-order valence-corrected chi connectivity index (χ0v) is 5.29. The van der Waals surface area contributed by atoms with Gasteiger partial charge in [-0.1, -0.05) is 12.2 Å². The second kappa shape index (κ2) is 1.69. The Morgan fingerprint density at radius 2 is 2.22 bits per heavy atom. The number of allylic oxidation sites excluding steroid dienone is 2. The van der Waals surface area contributed by atoms with Crippen LogP contribution in [0.1, 0.15) is 12.8 Å². The van der Waals surface area contributed by atoms with E-state index in [2.05, 4.69) is 12.2 Å². The topological polar surface area (TPSA) is 17.1 Å². The Hall–Kier alpha value is -0.590. The maximum absolute atomic E-state index is 10.4. The van der Waals surface area contributed by atoms with E-state index in [1.54, 1.807) is 0 Å². The van der Waals surface area contributed by atoms with Crippen LogP contribution in [0.4, 0.5) is 0 Å². The molecule has 0 aromatic heterocycles. The summed E-state index contributed by atoms with van der Waals surface area (Å²) in [7, 11) is 0. The van der Waals surface area contributed by atoms with Crippen molar-refractivity contribution in [2.75, 3.05) is 0 Å². The molecule has 2 bridgehead atoms. The quantitative estimate of drug-likeness (QED) is 0.379. The summed E-state index contributed by atoms with van der Waals surface area (Å²) in [5.41, 5.74) is 0. The van der Waals surface area contributed by atoms with Gasteiger partial charge in [0.15, 0.2) is 0 Å². The summed E-state index contributed by atoms with van der Waals surface area (Å²) in [5.74, 6) is 1.71. The molecule has 0 aromatic carbocycles. The third-order valence-electron chi connectivity index (χ3n) is 2.51. The van der Waals surface area contributed by atoms with E-state index in [-0.39, 0.29) is 0 Å². The molecule has 2 aliphatic carbocycles. The molecule has 0 spiro atoms. The zero-order chi connectivity index (χ0) is 6.27. The van der Waals surface area contributed by atoms with Gasteiger partial charge in [-0.15, -0.1) is 0 Å². The molecule has 9 heavy (non-hydrogen) atoms. The molecule has 1 heteroatoms. The molecule has 0 aliphatic heterocycles. The normalized spacial score (nSPS) is 46.0. The van der Waals surface area contributed by atoms with Gasteiger partial charge >= 0.3 is 0 Å². The van der Waals surface area contributed by atoms with Crippen molar-refractivity contribution in [2.45, 2.75) is 12.8 Å². The molecule has 0 N–H and O–H groups in total. The second-order valence-corrected chi connectivity index (χ2v) is 3.08. The first-order valence-corrected chi connectivity index (χ1v) is 3.54. The van der Waals surface area contributed by atoms with Crippen LogP contribution < -0.4 is 0 Å². The van der Waals surface area contributed by atoms with E-state index >= 15 is 0 Å². The number of carbonyl (C=O) groups excluding carboxylic acids is 1. The fraction of sp³-hybridized carbons (Fsp3) is 0.625. The minimum absolute atomic E-state index is 0.361. The monoisotopic (exact) mass is 122 g/mol. The predicted octanol–water partition coefficient (Wildman–Crippen LogP) is 1.40. The molecule has 0 amide bonds. The van der Waals surface area contributed by atoms with Crippen molar-refractivity contribution < 1.29 is 4.79 Å². The van der Waals surface area contributed by atoms with Crippen LogP contribution in [0, 0.1) is 17.8 Å². The molecule has 0 aromatic rings. The summed E-state index contributed by atoms with van der Waals surface area (Å²) < 4.78 is 0. The molecule has 0 heterocycles. The van der Waals surface area contributed by atoms with E-state index in [0.29, 0.717) is 11.8 Å². The Labute approximate surface area is 54.8 Å². The van der Waals surface area contributed by atoms with Gasteiger partial charge in [0.2, 0.25) is 0 Å². The highest BCUT2D eigenvalue weighted by Crippen LogP contribution is 2.42. The minimum atomic E-state index is 0.361. The molecule has 2 aliphatic rings. The molecule has 3 atom stereocenters. The first-order valence-electron chi connectivity index (χ1n) is 3.54. The van der Waals surface area contributed by atoms with Crippen LogP contribution in [0.15, 0.2) is 12.2 Å². The van der Waals surface area contributed by atoms with Crippen molar-refractivity contribution in [3.63, 3.8) is 0 Å². The molecule has 2 rings (SSSR count). The maximum Gasteiger partial charge on any atom is 0.123 e. The van der Waals surface area contributed by atoms with E-state index in [0.717, 1.165) is 18.6 Å². The third kappa shape index (κ3) is 0.640. The summed E-state index contributed by atoms with van der Waals surface area (Å²) in [6.07, 6.45) is 7.93. The first-order chi connectivity index (χ1) is 4.40. The van der Waals surface area contributed by atoms with Crippen LogP contribution in [0.2, 0.25) is 0 Å². The van der Waals surface area contributed by atoms with Crippen molar-refractivity contribution in [1.82, 2.24) is 0 Å². The summed E-state index contributed by atoms with van der Waals surface area (Å²) >= 11 is 0. The van der Waals surface area contributed by atoms with E-state index in [4.69, 9.17) is 0 Å². The van der Waals surface area contributed by atoms with Gasteiger partial charge in [-0.05, 0) is 24.7 Å². The minimum Gasteiger partial charge on any atom is -0.303 e. The molecule has 0 saturated heterocycles. The van der Waals surface area contributed by atoms with Gasteiger partial charge in [0.05, 0.1) is 0 Å². The van der Waals surface area contributed by atoms with Crippen LogP contribution in [-0.4, -0.2) is 6.29 Å². The standard InChI is InChI=1S/C8H10O/c9-5-8-4-6-1-2-7(8)3-6/h1-2,5-8H,3-4H2/t6?,7-,8-/m0/s1. The lowest BCUT2D eigenvalue weighted by Crippen LogP contribution is -2.07. The van der Waals surface area contributed by atoms with Crippen LogP contribution in [-0.2, 0) is 4.79 Å². The van der Waals surface area contributed by atoms with Crippen molar-refractivity contribution >= 4 is 6.29 Å². The molecule has 1 fully saturated rings. The lowest BCUT2D eigenvalue weighted by molar-refractivity contribution is -0.111. The Morgan fingerprint density at radius 3 is 2.56 bits per heavy atom. The van der Waals surface area contributed by atoms with Gasteiger partial charge in [-0.25, -0.2) is 0 Å². The number of hydrogen-bond acceptors (Lipinski definition) is 1. The number of aldehydes is 1.